The zero-order valence-corrected chi connectivity index (χ0v) is 12.3. The summed E-state index contributed by atoms with van der Waals surface area (Å²) >= 11 is 0. The average molecular weight is 276 g/mol. The summed E-state index contributed by atoms with van der Waals surface area (Å²) in [6.07, 6.45) is 3.82. The molecule has 4 nitrogen and oxygen atoms in total. The third-order valence-corrected chi connectivity index (χ3v) is 4.05. The maximum absolute atomic E-state index is 12.3. The SMILES string of the molecule is COc1ccccc1[C@@H](C)NC(=O)C1CCCC(N)C1. The number of methoxy groups -OCH3 is 1. The summed E-state index contributed by atoms with van der Waals surface area (Å²) in [5.74, 6) is 0.968. The first-order valence-corrected chi connectivity index (χ1v) is 7.30. The van der Waals surface area contributed by atoms with E-state index < -0.39 is 0 Å². The topological polar surface area (TPSA) is 64.3 Å². The van der Waals surface area contributed by atoms with Crippen molar-refractivity contribution in [1.29, 1.82) is 0 Å². The molecule has 110 valence electrons. The van der Waals surface area contributed by atoms with Crippen LogP contribution in [0.25, 0.3) is 0 Å². The lowest BCUT2D eigenvalue weighted by molar-refractivity contribution is -0.126. The zero-order valence-electron chi connectivity index (χ0n) is 12.3. The number of hydrogen-bond donors (Lipinski definition) is 2. The molecular weight excluding hydrogens is 252 g/mol. The number of nitrogens with one attached hydrogen (secondary N) is 1. The van der Waals surface area contributed by atoms with Crippen molar-refractivity contribution in [3.63, 3.8) is 0 Å². The Balaban J connectivity index is 2.00. The van der Waals surface area contributed by atoms with Crippen molar-refractivity contribution in [2.45, 2.75) is 44.7 Å². The molecule has 0 aliphatic heterocycles. The van der Waals surface area contributed by atoms with Crippen molar-refractivity contribution < 1.29 is 9.53 Å². The number of nitrogens with two attached hydrogens (primary N) is 1. The summed E-state index contributed by atoms with van der Waals surface area (Å²) in [7, 11) is 1.65. The fourth-order valence-corrected chi connectivity index (χ4v) is 2.90. The molecule has 0 aromatic heterocycles. The molecule has 1 aliphatic rings. The number of ether oxygens (including phenoxy) is 1. The summed E-state index contributed by atoms with van der Waals surface area (Å²) in [5, 5.41) is 3.09. The molecule has 0 radical (unpaired) electrons. The van der Waals surface area contributed by atoms with Gasteiger partial charge in [-0.15, -0.1) is 0 Å². The minimum Gasteiger partial charge on any atom is -0.496 e. The van der Waals surface area contributed by atoms with Crippen molar-refractivity contribution in [3.8, 4) is 5.75 Å². The molecule has 20 heavy (non-hydrogen) atoms. The molecule has 1 aliphatic carbocycles. The molecule has 1 aromatic carbocycles. The molecule has 1 saturated carbocycles. The first-order chi connectivity index (χ1) is 9.61. The molecular formula is C16H24N2O2. The summed E-state index contributed by atoms with van der Waals surface area (Å²) in [4.78, 5) is 12.3. The molecule has 2 rings (SSSR count). The highest BCUT2D eigenvalue weighted by Crippen LogP contribution is 2.27. The van der Waals surface area contributed by atoms with Crippen LogP contribution in [-0.4, -0.2) is 19.1 Å². The van der Waals surface area contributed by atoms with Crippen LogP contribution >= 0.6 is 0 Å². The van der Waals surface area contributed by atoms with Gasteiger partial charge in [0.25, 0.3) is 0 Å². The van der Waals surface area contributed by atoms with Gasteiger partial charge in [-0.3, -0.25) is 4.79 Å². The first-order valence-electron chi connectivity index (χ1n) is 7.30. The van der Waals surface area contributed by atoms with E-state index in [0.29, 0.717) is 0 Å². The number of hydrogen-bond acceptors (Lipinski definition) is 3. The van der Waals surface area contributed by atoms with E-state index in [2.05, 4.69) is 5.32 Å². The Morgan fingerprint density at radius 2 is 2.15 bits per heavy atom. The Bertz CT molecular complexity index is 462. The van der Waals surface area contributed by atoms with E-state index in [-0.39, 0.29) is 23.9 Å². The summed E-state index contributed by atoms with van der Waals surface area (Å²) < 4.78 is 5.34. The van der Waals surface area contributed by atoms with Crippen molar-refractivity contribution in [1.82, 2.24) is 5.32 Å². The van der Waals surface area contributed by atoms with Crippen molar-refractivity contribution in [2.75, 3.05) is 7.11 Å². The Labute approximate surface area is 120 Å². The average Bonchev–Trinajstić information content (AvgIpc) is 2.47. The van der Waals surface area contributed by atoms with E-state index in [4.69, 9.17) is 10.5 Å². The smallest absolute Gasteiger partial charge is 0.223 e. The number of carbonyl (C=O) groups excluding carboxylic acids is 1. The Morgan fingerprint density at radius 1 is 1.40 bits per heavy atom. The standard InChI is InChI=1S/C16H24N2O2/c1-11(14-8-3-4-9-15(14)20-2)18-16(19)12-6-5-7-13(17)10-12/h3-4,8-9,11-13H,5-7,10,17H2,1-2H3,(H,18,19)/t11-,12?,13?/m1/s1. The minimum atomic E-state index is -0.0585. The highest BCUT2D eigenvalue weighted by molar-refractivity contribution is 5.79. The van der Waals surface area contributed by atoms with E-state index in [1.54, 1.807) is 7.11 Å². The van der Waals surface area contributed by atoms with Gasteiger partial charge in [0, 0.05) is 17.5 Å². The summed E-state index contributed by atoms with van der Waals surface area (Å²) in [5.41, 5.74) is 6.95. The molecule has 0 saturated heterocycles. The first kappa shape index (κ1) is 14.9. The van der Waals surface area contributed by atoms with Gasteiger partial charge in [-0.25, -0.2) is 0 Å². The van der Waals surface area contributed by atoms with E-state index in [9.17, 15) is 4.79 Å². The molecule has 0 heterocycles. The van der Waals surface area contributed by atoms with Crippen molar-refractivity contribution >= 4 is 5.91 Å². The largest absolute Gasteiger partial charge is 0.496 e. The summed E-state index contributed by atoms with van der Waals surface area (Å²) in [6, 6.07) is 7.89. The second kappa shape index (κ2) is 6.75. The maximum atomic E-state index is 12.3. The van der Waals surface area contributed by atoms with Gasteiger partial charge in [0.15, 0.2) is 0 Å². The second-order valence-corrected chi connectivity index (χ2v) is 5.60. The number of rotatable bonds is 4. The third kappa shape index (κ3) is 3.51. The van der Waals surface area contributed by atoms with Gasteiger partial charge in [0.2, 0.25) is 5.91 Å². The van der Waals surface area contributed by atoms with Crippen LogP contribution in [0, 0.1) is 5.92 Å². The van der Waals surface area contributed by atoms with Crippen LogP contribution in [0.4, 0.5) is 0 Å². The molecule has 4 heteroatoms. The van der Waals surface area contributed by atoms with Gasteiger partial charge in [-0.05, 0) is 32.3 Å². The van der Waals surface area contributed by atoms with E-state index in [1.807, 2.05) is 31.2 Å². The van der Waals surface area contributed by atoms with Crippen LogP contribution in [-0.2, 0) is 4.79 Å². The van der Waals surface area contributed by atoms with Crippen molar-refractivity contribution in [3.05, 3.63) is 29.8 Å². The Kier molecular flexibility index (Phi) is 5.01. The van der Waals surface area contributed by atoms with Crippen LogP contribution in [0.1, 0.15) is 44.2 Å². The van der Waals surface area contributed by atoms with Crippen LogP contribution < -0.4 is 15.8 Å². The van der Waals surface area contributed by atoms with Gasteiger partial charge >= 0.3 is 0 Å². The van der Waals surface area contributed by atoms with Gasteiger partial charge in [-0.2, -0.15) is 0 Å². The number of para-hydroxylation sites is 1. The number of benzene rings is 1. The monoisotopic (exact) mass is 276 g/mol. The Hall–Kier alpha value is -1.55. The lowest BCUT2D eigenvalue weighted by Gasteiger charge is -2.27. The summed E-state index contributed by atoms with van der Waals surface area (Å²) in [6.45, 7) is 1.98. The van der Waals surface area contributed by atoms with Gasteiger partial charge in [-0.1, -0.05) is 24.6 Å². The Morgan fingerprint density at radius 3 is 2.85 bits per heavy atom. The lowest BCUT2D eigenvalue weighted by atomic mass is 9.85. The third-order valence-electron chi connectivity index (χ3n) is 4.05. The maximum Gasteiger partial charge on any atom is 0.223 e. The van der Waals surface area contributed by atoms with Gasteiger partial charge in [0.1, 0.15) is 5.75 Å². The molecule has 0 bridgehead atoms. The molecule has 1 fully saturated rings. The minimum absolute atomic E-state index is 0.0518. The molecule has 1 amide bonds. The van der Waals surface area contributed by atoms with Crippen LogP contribution in [0.5, 0.6) is 5.75 Å². The van der Waals surface area contributed by atoms with E-state index in [0.717, 1.165) is 37.0 Å². The highest BCUT2D eigenvalue weighted by atomic mass is 16.5. The quantitative estimate of drug-likeness (QED) is 0.887. The van der Waals surface area contributed by atoms with Crippen LogP contribution in [0.2, 0.25) is 0 Å². The fourth-order valence-electron chi connectivity index (χ4n) is 2.90. The van der Waals surface area contributed by atoms with E-state index in [1.165, 1.54) is 0 Å². The number of amides is 1. The molecule has 3 N–H and O–H groups in total. The van der Waals surface area contributed by atoms with Crippen LogP contribution in [0.15, 0.2) is 24.3 Å². The van der Waals surface area contributed by atoms with Gasteiger partial charge in [0.05, 0.1) is 13.2 Å². The molecule has 0 spiro atoms. The van der Waals surface area contributed by atoms with Crippen molar-refractivity contribution in [2.24, 2.45) is 11.7 Å². The molecule has 3 atom stereocenters. The molecule has 1 aromatic rings. The lowest BCUT2D eigenvalue weighted by Crippen LogP contribution is -2.38. The fraction of sp³-hybridized carbons (Fsp3) is 0.562. The van der Waals surface area contributed by atoms with E-state index >= 15 is 0 Å². The van der Waals surface area contributed by atoms with Crippen LogP contribution in [0.3, 0.4) is 0 Å². The number of carbonyl (C=O) groups is 1. The normalized spacial score (nSPS) is 23.9. The van der Waals surface area contributed by atoms with Gasteiger partial charge < -0.3 is 15.8 Å². The highest BCUT2D eigenvalue weighted by Gasteiger charge is 2.26. The zero-order chi connectivity index (χ0) is 14.5. The predicted molar refractivity (Wildman–Crippen MR) is 79.5 cm³/mol. The second-order valence-electron chi connectivity index (χ2n) is 5.60. The predicted octanol–water partition coefficient (Wildman–Crippen LogP) is 2.39. The molecule has 2 unspecified atom stereocenters.